The van der Waals surface area contributed by atoms with E-state index in [-0.39, 0.29) is 28.2 Å². The summed E-state index contributed by atoms with van der Waals surface area (Å²) >= 11 is 12.1. The number of anilines is 1. The molecule has 0 heterocycles. The number of halogens is 2. The second kappa shape index (κ2) is 13.0. The summed E-state index contributed by atoms with van der Waals surface area (Å²) in [6.45, 7) is 3.78. The van der Waals surface area contributed by atoms with E-state index in [9.17, 15) is 18.0 Å². The van der Waals surface area contributed by atoms with Crippen LogP contribution in [-0.4, -0.2) is 57.6 Å². The molecule has 35 heavy (non-hydrogen) atoms. The molecule has 0 aliphatic heterocycles. The number of nitrogens with zero attached hydrogens (tertiary/aromatic N) is 2. The molecule has 2 rings (SSSR count). The lowest BCUT2D eigenvalue weighted by atomic mass is 10.1. The van der Waals surface area contributed by atoms with Gasteiger partial charge in [-0.25, -0.2) is 8.42 Å². The third-order valence-corrected chi connectivity index (χ3v) is 7.17. The van der Waals surface area contributed by atoms with Gasteiger partial charge in [0.2, 0.25) is 21.8 Å². The summed E-state index contributed by atoms with van der Waals surface area (Å²) in [4.78, 5) is 27.9. The van der Waals surface area contributed by atoms with E-state index in [0.717, 1.165) is 22.5 Å². The van der Waals surface area contributed by atoms with Crippen molar-refractivity contribution in [3.8, 4) is 5.75 Å². The normalized spacial score (nSPS) is 12.1. The number of carbonyl (C=O) groups is 2. The molecule has 0 radical (unpaired) electrons. The second-order valence-corrected chi connectivity index (χ2v) is 10.7. The first-order valence-electron chi connectivity index (χ1n) is 11.1. The van der Waals surface area contributed by atoms with Crippen molar-refractivity contribution in [1.82, 2.24) is 10.2 Å². The molecule has 0 aliphatic rings. The van der Waals surface area contributed by atoms with Crippen molar-refractivity contribution >= 4 is 50.7 Å². The summed E-state index contributed by atoms with van der Waals surface area (Å²) in [5, 5.41) is 3.25. The van der Waals surface area contributed by atoms with Crippen LogP contribution >= 0.6 is 23.2 Å². The average molecular weight is 545 g/mol. The highest BCUT2D eigenvalue weighted by molar-refractivity contribution is 7.92. The highest BCUT2D eigenvalue weighted by Gasteiger charge is 2.31. The molecule has 2 aromatic rings. The van der Waals surface area contributed by atoms with Crippen molar-refractivity contribution in [2.75, 3.05) is 30.8 Å². The molecule has 2 aromatic carbocycles. The minimum Gasteiger partial charge on any atom is -0.497 e. The molecule has 1 atom stereocenters. The van der Waals surface area contributed by atoms with Crippen molar-refractivity contribution in [3.63, 3.8) is 0 Å². The summed E-state index contributed by atoms with van der Waals surface area (Å²) in [5.74, 6) is -0.235. The maximum Gasteiger partial charge on any atom is 0.244 e. The van der Waals surface area contributed by atoms with Crippen molar-refractivity contribution in [1.29, 1.82) is 0 Å². The summed E-state index contributed by atoms with van der Waals surface area (Å²) in [5.41, 5.74) is 0.931. The van der Waals surface area contributed by atoms with E-state index in [1.54, 1.807) is 25.1 Å². The number of hydrogen-bond donors (Lipinski definition) is 1. The SMILES string of the molecule is CCCNC(=O)C(CC)N(Cc1cccc(OC)c1)C(=O)CN(c1ccc(Cl)c(Cl)c1)S(C)(=O)=O. The van der Waals surface area contributed by atoms with E-state index in [0.29, 0.717) is 18.7 Å². The summed E-state index contributed by atoms with van der Waals surface area (Å²) in [6.07, 6.45) is 2.09. The monoisotopic (exact) mass is 543 g/mol. The number of hydrogen-bond acceptors (Lipinski definition) is 5. The molecule has 192 valence electrons. The minimum atomic E-state index is -3.86. The lowest BCUT2D eigenvalue weighted by molar-refractivity contribution is -0.140. The van der Waals surface area contributed by atoms with Crippen LogP contribution in [0.25, 0.3) is 0 Å². The standard InChI is InChI=1S/C24H31Cl2N3O5S/c1-5-12-27-24(31)22(6-2)28(15-17-8-7-9-19(13-17)34-3)23(30)16-29(35(4,32)33)18-10-11-20(25)21(26)14-18/h7-11,13-14,22H,5-6,12,15-16H2,1-4H3,(H,27,31). The molecule has 1 unspecified atom stereocenters. The van der Waals surface area contributed by atoms with E-state index in [4.69, 9.17) is 27.9 Å². The van der Waals surface area contributed by atoms with Crippen molar-refractivity contribution < 1.29 is 22.7 Å². The molecule has 0 spiro atoms. The molecule has 0 aliphatic carbocycles. The number of sulfonamides is 1. The number of ether oxygens (including phenoxy) is 1. The molecule has 0 fully saturated rings. The van der Waals surface area contributed by atoms with Crippen molar-refractivity contribution in [2.24, 2.45) is 0 Å². The third-order valence-electron chi connectivity index (χ3n) is 5.29. The molecule has 0 aromatic heterocycles. The molecule has 11 heteroatoms. The Morgan fingerprint density at radius 3 is 2.37 bits per heavy atom. The Hall–Kier alpha value is -2.49. The number of amides is 2. The first-order valence-corrected chi connectivity index (χ1v) is 13.7. The zero-order valence-electron chi connectivity index (χ0n) is 20.3. The van der Waals surface area contributed by atoms with E-state index < -0.39 is 28.5 Å². The maximum atomic E-state index is 13.6. The zero-order valence-corrected chi connectivity index (χ0v) is 22.6. The Morgan fingerprint density at radius 1 is 1.09 bits per heavy atom. The van der Waals surface area contributed by atoms with Crippen LogP contribution < -0.4 is 14.4 Å². The quantitative estimate of drug-likeness (QED) is 0.434. The number of methoxy groups -OCH3 is 1. The van der Waals surface area contributed by atoms with Gasteiger partial charge in [-0.05, 0) is 48.7 Å². The van der Waals surface area contributed by atoms with Gasteiger partial charge in [0, 0.05) is 13.1 Å². The fraction of sp³-hybridized carbons (Fsp3) is 0.417. The third kappa shape index (κ3) is 8.02. The lowest BCUT2D eigenvalue weighted by Gasteiger charge is -2.33. The van der Waals surface area contributed by atoms with Crippen LogP contribution in [-0.2, 0) is 26.2 Å². The Kier molecular flexibility index (Phi) is 10.7. The summed E-state index contributed by atoms with van der Waals surface area (Å²) < 4.78 is 31.5. The maximum absolute atomic E-state index is 13.6. The average Bonchev–Trinajstić information content (AvgIpc) is 2.82. The van der Waals surface area contributed by atoms with Gasteiger partial charge in [0.25, 0.3) is 0 Å². The smallest absolute Gasteiger partial charge is 0.244 e. The largest absolute Gasteiger partial charge is 0.497 e. The highest BCUT2D eigenvalue weighted by Crippen LogP contribution is 2.29. The number of carbonyl (C=O) groups excluding carboxylic acids is 2. The molecule has 0 saturated heterocycles. The predicted octanol–water partition coefficient (Wildman–Crippen LogP) is 4.10. The highest BCUT2D eigenvalue weighted by atomic mass is 35.5. The summed E-state index contributed by atoms with van der Waals surface area (Å²) in [6, 6.07) is 10.7. The van der Waals surface area contributed by atoms with Gasteiger partial charge in [0.15, 0.2) is 0 Å². The number of nitrogens with one attached hydrogen (secondary N) is 1. The predicted molar refractivity (Wildman–Crippen MR) is 140 cm³/mol. The fourth-order valence-corrected chi connectivity index (χ4v) is 4.64. The molecule has 0 bridgehead atoms. The first kappa shape index (κ1) is 28.7. The van der Waals surface area contributed by atoms with Gasteiger partial charge in [-0.15, -0.1) is 0 Å². The van der Waals surface area contributed by atoms with Crippen LogP contribution in [0.15, 0.2) is 42.5 Å². The lowest BCUT2D eigenvalue weighted by Crippen LogP contribution is -2.52. The molecule has 1 N–H and O–H groups in total. The van der Waals surface area contributed by atoms with Gasteiger partial charge in [-0.1, -0.05) is 49.2 Å². The molecular formula is C24H31Cl2N3O5S. The van der Waals surface area contributed by atoms with Crippen LogP contribution in [0.5, 0.6) is 5.75 Å². The van der Waals surface area contributed by atoms with E-state index in [1.165, 1.54) is 30.2 Å². The fourth-order valence-electron chi connectivity index (χ4n) is 3.51. The van der Waals surface area contributed by atoms with Gasteiger partial charge >= 0.3 is 0 Å². The van der Waals surface area contributed by atoms with Crippen molar-refractivity contribution in [3.05, 3.63) is 58.1 Å². The van der Waals surface area contributed by atoms with E-state index in [2.05, 4.69) is 5.32 Å². The molecular weight excluding hydrogens is 513 g/mol. The number of rotatable bonds is 12. The van der Waals surface area contributed by atoms with Crippen LogP contribution in [0.3, 0.4) is 0 Å². The van der Waals surface area contributed by atoms with Crippen LogP contribution in [0, 0.1) is 0 Å². The minimum absolute atomic E-state index is 0.0903. The molecule has 8 nitrogen and oxygen atoms in total. The molecule has 2 amide bonds. The van der Waals surface area contributed by atoms with Gasteiger partial charge < -0.3 is 15.0 Å². The van der Waals surface area contributed by atoms with E-state index >= 15 is 0 Å². The topological polar surface area (TPSA) is 96.0 Å². The van der Waals surface area contributed by atoms with Gasteiger partial charge in [0.05, 0.1) is 29.1 Å². The Labute approximate surface area is 217 Å². The number of benzene rings is 2. The Balaban J connectivity index is 2.45. The van der Waals surface area contributed by atoms with Crippen LogP contribution in [0.2, 0.25) is 10.0 Å². The Morgan fingerprint density at radius 2 is 1.80 bits per heavy atom. The molecule has 0 saturated carbocycles. The van der Waals surface area contributed by atoms with Gasteiger partial charge in [-0.2, -0.15) is 0 Å². The zero-order chi connectivity index (χ0) is 26.2. The van der Waals surface area contributed by atoms with Crippen LogP contribution in [0.1, 0.15) is 32.3 Å². The second-order valence-electron chi connectivity index (χ2n) is 7.96. The van der Waals surface area contributed by atoms with Gasteiger partial charge in [0.1, 0.15) is 18.3 Å². The van der Waals surface area contributed by atoms with Crippen LogP contribution in [0.4, 0.5) is 5.69 Å². The van der Waals surface area contributed by atoms with E-state index in [1.807, 2.05) is 13.0 Å². The summed E-state index contributed by atoms with van der Waals surface area (Å²) in [7, 11) is -2.32. The Bertz CT molecular complexity index is 1140. The van der Waals surface area contributed by atoms with Gasteiger partial charge in [-0.3, -0.25) is 13.9 Å². The van der Waals surface area contributed by atoms with Crippen molar-refractivity contribution in [2.45, 2.75) is 39.3 Å². The first-order chi connectivity index (χ1) is 16.5.